The zero-order valence-corrected chi connectivity index (χ0v) is 13.3. The van der Waals surface area contributed by atoms with E-state index in [1.54, 1.807) is 0 Å². The second-order valence-corrected chi connectivity index (χ2v) is 5.82. The molecule has 122 valence electrons. The lowest BCUT2D eigenvalue weighted by molar-refractivity contribution is -0.137. The fourth-order valence-corrected chi connectivity index (χ4v) is 3.09. The molecule has 0 unspecified atom stereocenters. The van der Waals surface area contributed by atoms with E-state index in [1.807, 2.05) is 18.7 Å². The molecule has 0 aromatic heterocycles. The highest BCUT2D eigenvalue weighted by Gasteiger charge is 2.28. The molecule has 0 saturated carbocycles. The Morgan fingerprint density at radius 3 is 2.68 bits per heavy atom. The van der Waals surface area contributed by atoms with Crippen LogP contribution in [0.5, 0.6) is 0 Å². The van der Waals surface area contributed by atoms with E-state index < -0.39 is 11.6 Å². The second kappa shape index (κ2) is 7.68. The van der Waals surface area contributed by atoms with Crippen molar-refractivity contribution < 1.29 is 13.6 Å². The van der Waals surface area contributed by atoms with Gasteiger partial charge in [-0.25, -0.2) is 8.78 Å². The number of carbonyl (C=O) groups is 1. The standard InChI is InChI=1S/C17H24F2N2O/c1-3-21(4-2)17(22)14-6-5-9-20(12-14)11-13-7-8-15(18)10-16(13)19/h7-8,10,14H,3-6,9,11-12H2,1-2H3/t14-/m0/s1. The van der Waals surface area contributed by atoms with Crippen molar-refractivity contribution in [1.29, 1.82) is 0 Å². The minimum Gasteiger partial charge on any atom is -0.343 e. The number of amides is 1. The molecule has 1 fully saturated rings. The van der Waals surface area contributed by atoms with Gasteiger partial charge in [-0.2, -0.15) is 0 Å². The summed E-state index contributed by atoms with van der Waals surface area (Å²) in [6, 6.07) is 3.68. The molecule has 3 nitrogen and oxygen atoms in total. The van der Waals surface area contributed by atoms with Crippen molar-refractivity contribution in [1.82, 2.24) is 9.80 Å². The molecule has 1 amide bonds. The molecule has 2 rings (SSSR count). The number of carbonyl (C=O) groups excluding carboxylic acids is 1. The fraction of sp³-hybridized carbons (Fsp3) is 0.588. The third kappa shape index (κ3) is 4.03. The highest BCUT2D eigenvalue weighted by atomic mass is 19.1. The lowest BCUT2D eigenvalue weighted by Gasteiger charge is -2.34. The molecule has 1 aromatic carbocycles. The molecule has 0 spiro atoms. The van der Waals surface area contributed by atoms with Crippen LogP contribution in [0.2, 0.25) is 0 Å². The van der Waals surface area contributed by atoms with Gasteiger partial charge in [0, 0.05) is 37.8 Å². The van der Waals surface area contributed by atoms with Crippen molar-refractivity contribution in [3.05, 3.63) is 35.4 Å². The maximum Gasteiger partial charge on any atom is 0.226 e. The largest absolute Gasteiger partial charge is 0.343 e. The highest BCUT2D eigenvalue weighted by Crippen LogP contribution is 2.21. The zero-order chi connectivity index (χ0) is 16.1. The molecule has 1 heterocycles. The van der Waals surface area contributed by atoms with E-state index in [2.05, 4.69) is 4.90 Å². The average Bonchev–Trinajstić information content (AvgIpc) is 2.51. The van der Waals surface area contributed by atoms with E-state index in [4.69, 9.17) is 0 Å². The average molecular weight is 310 g/mol. The molecule has 1 saturated heterocycles. The van der Waals surface area contributed by atoms with Crippen molar-refractivity contribution >= 4 is 5.91 Å². The van der Waals surface area contributed by atoms with Crippen molar-refractivity contribution in [3.63, 3.8) is 0 Å². The topological polar surface area (TPSA) is 23.6 Å². The van der Waals surface area contributed by atoms with Crippen LogP contribution in [0.25, 0.3) is 0 Å². The van der Waals surface area contributed by atoms with Crippen LogP contribution in [-0.4, -0.2) is 41.9 Å². The van der Waals surface area contributed by atoms with Gasteiger partial charge in [-0.15, -0.1) is 0 Å². The van der Waals surface area contributed by atoms with Gasteiger partial charge >= 0.3 is 0 Å². The number of benzene rings is 1. The normalized spacial score (nSPS) is 19.2. The van der Waals surface area contributed by atoms with Crippen LogP contribution >= 0.6 is 0 Å². The molecule has 1 aromatic rings. The summed E-state index contributed by atoms with van der Waals surface area (Å²) in [5.41, 5.74) is 0.484. The zero-order valence-electron chi connectivity index (χ0n) is 13.3. The third-order valence-electron chi connectivity index (χ3n) is 4.34. The van der Waals surface area contributed by atoms with Gasteiger partial charge in [0.15, 0.2) is 0 Å². The van der Waals surface area contributed by atoms with Gasteiger partial charge in [0.1, 0.15) is 11.6 Å². The SMILES string of the molecule is CCN(CC)C(=O)[C@H]1CCCN(Cc2ccc(F)cc2F)C1. The molecule has 0 N–H and O–H groups in total. The smallest absolute Gasteiger partial charge is 0.226 e. The number of hydrogen-bond acceptors (Lipinski definition) is 2. The molecular formula is C17H24F2N2O. The molecule has 1 aliphatic heterocycles. The van der Waals surface area contributed by atoms with Gasteiger partial charge in [-0.1, -0.05) is 6.07 Å². The van der Waals surface area contributed by atoms with Gasteiger partial charge in [0.25, 0.3) is 0 Å². The Balaban J connectivity index is 2.00. The van der Waals surface area contributed by atoms with Gasteiger partial charge in [-0.05, 0) is 39.3 Å². The van der Waals surface area contributed by atoms with E-state index in [0.717, 1.165) is 38.5 Å². The van der Waals surface area contributed by atoms with E-state index in [9.17, 15) is 13.6 Å². The number of piperidine rings is 1. The first-order valence-corrected chi connectivity index (χ1v) is 8.00. The predicted octanol–water partition coefficient (Wildman–Crippen LogP) is 3.05. The number of nitrogens with zero attached hydrogens (tertiary/aromatic N) is 2. The second-order valence-electron chi connectivity index (χ2n) is 5.82. The maximum atomic E-state index is 13.8. The summed E-state index contributed by atoms with van der Waals surface area (Å²) in [5, 5.41) is 0. The van der Waals surface area contributed by atoms with Crippen molar-refractivity contribution in [2.45, 2.75) is 33.2 Å². The predicted molar refractivity (Wildman–Crippen MR) is 82.3 cm³/mol. The molecular weight excluding hydrogens is 286 g/mol. The summed E-state index contributed by atoms with van der Waals surface area (Å²) in [6.45, 7) is 7.32. The van der Waals surface area contributed by atoms with Crippen molar-refractivity contribution in [2.24, 2.45) is 5.92 Å². The first-order chi connectivity index (χ1) is 10.5. The molecule has 5 heteroatoms. The van der Waals surface area contributed by atoms with Crippen LogP contribution in [0.3, 0.4) is 0 Å². The molecule has 1 atom stereocenters. The number of hydrogen-bond donors (Lipinski definition) is 0. The minimum atomic E-state index is -0.561. The Morgan fingerprint density at radius 2 is 2.05 bits per heavy atom. The van der Waals surface area contributed by atoms with Gasteiger partial charge in [0.2, 0.25) is 5.91 Å². The number of halogens is 2. The van der Waals surface area contributed by atoms with Crippen LogP contribution < -0.4 is 0 Å². The van der Waals surface area contributed by atoms with Crippen molar-refractivity contribution in [3.8, 4) is 0 Å². The number of likely N-dealkylation sites (tertiary alicyclic amines) is 1. The minimum absolute atomic E-state index is 0.0165. The summed E-state index contributed by atoms with van der Waals surface area (Å²) in [5.74, 6) is -0.905. The van der Waals surface area contributed by atoms with Crippen molar-refractivity contribution in [2.75, 3.05) is 26.2 Å². The first kappa shape index (κ1) is 16.9. The Kier molecular flexibility index (Phi) is 5.89. The van der Waals surface area contributed by atoms with Crippen LogP contribution in [0.1, 0.15) is 32.3 Å². The maximum absolute atomic E-state index is 13.8. The quantitative estimate of drug-likeness (QED) is 0.834. The van der Waals surface area contributed by atoms with Crippen LogP contribution in [0.4, 0.5) is 8.78 Å². The fourth-order valence-electron chi connectivity index (χ4n) is 3.09. The van der Waals surface area contributed by atoms with E-state index in [0.29, 0.717) is 18.7 Å². The van der Waals surface area contributed by atoms with Crippen LogP contribution in [0, 0.1) is 17.6 Å². The third-order valence-corrected chi connectivity index (χ3v) is 4.34. The van der Waals surface area contributed by atoms with Gasteiger partial charge in [0.05, 0.1) is 5.92 Å². The monoisotopic (exact) mass is 310 g/mol. The molecule has 22 heavy (non-hydrogen) atoms. The lowest BCUT2D eigenvalue weighted by Crippen LogP contribution is -2.44. The Morgan fingerprint density at radius 1 is 1.32 bits per heavy atom. The van der Waals surface area contributed by atoms with Gasteiger partial charge in [-0.3, -0.25) is 9.69 Å². The molecule has 0 radical (unpaired) electrons. The number of rotatable bonds is 5. The first-order valence-electron chi connectivity index (χ1n) is 8.00. The van der Waals surface area contributed by atoms with Crippen LogP contribution in [-0.2, 0) is 11.3 Å². The summed E-state index contributed by atoms with van der Waals surface area (Å²) in [6.07, 6.45) is 1.82. The summed E-state index contributed by atoms with van der Waals surface area (Å²) in [7, 11) is 0. The van der Waals surface area contributed by atoms with E-state index in [-0.39, 0.29) is 11.8 Å². The van der Waals surface area contributed by atoms with Crippen LogP contribution in [0.15, 0.2) is 18.2 Å². The van der Waals surface area contributed by atoms with Gasteiger partial charge < -0.3 is 4.90 Å². The molecule has 0 bridgehead atoms. The Hall–Kier alpha value is -1.49. The summed E-state index contributed by atoms with van der Waals surface area (Å²) >= 11 is 0. The summed E-state index contributed by atoms with van der Waals surface area (Å²) in [4.78, 5) is 16.4. The lowest BCUT2D eigenvalue weighted by atomic mass is 9.96. The highest BCUT2D eigenvalue weighted by molar-refractivity contribution is 5.79. The summed E-state index contributed by atoms with van der Waals surface area (Å²) < 4.78 is 26.7. The Labute approximate surface area is 130 Å². The molecule has 1 aliphatic rings. The van der Waals surface area contributed by atoms with E-state index in [1.165, 1.54) is 12.1 Å². The van der Waals surface area contributed by atoms with E-state index >= 15 is 0 Å². The Bertz CT molecular complexity index is 517. The molecule has 0 aliphatic carbocycles.